The zero-order chi connectivity index (χ0) is 15.9. The predicted molar refractivity (Wildman–Crippen MR) is 91.1 cm³/mol. The van der Waals surface area contributed by atoms with E-state index in [2.05, 4.69) is 37.9 Å². The van der Waals surface area contributed by atoms with Crippen LogP contribution in [0.2, 0.25) is 0 Å². The van der Waals surface area contributed by atoms with Crippen molar-refractivity contribution in [3.05, 3.63) is 64.4 Å². The number of nitrogens with zero attached hydrogens (tertiary/aromatic N) is 2. The van der Waals surface area contributed by atoms with Gasteiger partial charge in [-0.1, -0.05) is 57.2 Å². The van der Waals surface area contributed by atoms with Crippen molar-refractivity contribution in [3.63, 3.8) is 0 Å². The number of benzene rings is 2. The summed E-state index contributed by atoms with van der Waals surface area (Å²) in [7, 11) is 1.79. The van der Waals surface area contributed by atoms with E-state index in [9.17, 15) is 4.79 Å². The Morgan fingerprint density at radius 2 is 1.59 bits per heavy atom. The van der Waals surface area contributed by atoms with Gasteiger partial charge in [-0.05, 0) is 23.1 Å². The maximum atomic E-state index is 12.6. The molecule has 0 fully saturated rings. The van der Waals surface area contributed by atoms with E-state index >= 15 is 0 Å². The standard InChI is InChI=1S/C19H20N2O/c1-19(2,3)14-11-9-13(10-12-14)17-18(22)21(4)16-8-6-5-7-15(16)20-17/h5-12H,1-4H3. The third kappa shape index (κ3) is 2.43. The third-order valence-corrected chi connectivity index (χ3v) is 4.01. The van der Waals surface area contributed by atoms with Gasteiger partial charge in [-0.2, -0.15) is 0 Å². The highest BCUT2D eigenvalue weighted by Gasteiger charge is 2.15. The fourth-order valence-corrected chi connectivity index (χ4v) is 2.59. The van der Waals surface area contributed by atoms with Crippen molar-refractivity contribution in [2.75, 3.05) is 0 Å². The lowest BCUT2D eigenvalue weighted by Gasteiger charge is -2.19. The van der Waals surface area contributed by atoms with E-state index in [1.807, 2.05) is 36.4 Å². The molecule has 3 nitrogen and oxygen atoms in total. The number of aromatic nitrogens is 2. The summed E-state index contributed by atoms with van der Waals surface area (Å²) in [6.07, 6.45) is 0. The molecule has 1 aromatic heterocycles. The van der Waals surface area contributed by atoms with Gasteiger partial charge in [0, 0.05) is 12.6 Å². The quantitative estimate of drug-likeness (QED) is 0.682. The van der Waals surface area contributed by atoms with Gasteiger partial charge in [-0.25, -0.2) is 4.98 Å². The smallest absolute Gasteiger partial charge is 0.277 e. The van der Waals surface area contributed by atoms with Gasteiger partial charge < -0.3 is 4.57 Å². The van der Waals surface area contributed by atoms with Crippen LogP contribution in [-0.4, -0.2) is 9.55 Å². The summed E-state index contributed by atoms with van der Waals surface area (Å²) in [4.78, 5) is 17.1. The normalized spacial score (nSPS) is 11.8. The van der Waals surface area contributed by atoms with Crippen LogP contribution in [-0.2, 0) is 12.5 Å². The van der Waals surface area contributed by atoms with Crippen LogP contribution in [0.5, 0.6) is 0 Å². The number of fused-ring (bicyclic) bond motifs is 1. The summed E-state index contributed by atoms with van der Waals surface area (Å²) in [6.45, 7) is 6.53. The Bertz CT molecular complexity index is 884. The van der Waals surface area contributed by atoms with Crippen LogP contribution in [0.25, 0.3) is 22.3 Å². The van der Waals surface area contributed by atoms with Crippen LogP contribution < -0.4 is 5.56 Å². The molecule has 2 aromatic carbocycles. The molecular formula is C19H20N2O. The molecule has 3 aromatic rings. The maximum absolute atomic E-state index is 12.6. The molecule has 0 amide bonds. The van der Waals surface area contributed by atoms with Crippen LogP contribution in [0.4, 0.5) is 0 Å². The highest BCUT2D eigenvalue weighted by molar-refractivity contribution is 5.77. The molecular weight excluding hydrogens is 272 g/mol. The number of para-hydroxylation sites is 2. The van der Waals surface area contributed by atoms with Gasteiger partial charge in [0.1, 0.15) is 5.69 Å². The summed E-state index contributed by atoms with van der Waals surface area (Å²) >= 11 is 0. The van der Waals surface area contributed by atoms with Crippen molar-refractivity contribution in [2.24, 2.45) is 7.05 Å². The summed E-state index contributed by atoms with van der Waals surface area (Å²) in [5.74, 6) is 0. The average molecular weight is 292 g/mol. The maximum Gasteiger partial charge on any atom is 0.277 e. The van der Waals surface area contributed by atoms with E-state index in [0.717, 1.165) is 16.6 Å². The predicted octanol–water partition coefficient (Wildman–Crippen LogP) is 3.90. The largest absolute Gasteiger partial charge is 0.308 e. The molecule has 0 aliphatic carbocycles. The number of rotatable bonds is 1. The molecule has 3 rings (SSSR count). The second-order valence-electron chi connectivity index (χ2n) is 6.64. The first-order valence-corrected chi connectivity index (χ1v) is 7.44. The topological polar surface area (TPSA) is 34.9 Å². The van der Waals surface area contributed by atoms with E-state index in [1.165, 1.54) is 5.56 Å². The third-order valence-electron chi connectivity index (χ3n) is 4.01. The lowest BCUT2D eigenvalue weighted by molar-refractivity contribution is 0.590. The Labute approximate surface area is 130 Å². The second kappa shape index (κ2) is 5.09. The second-order valence-corrected chi connectivity index (χ2v) is 6.64. The first kappa shape index (κ1) is 14.5. The summed E-state index contributed by atoms with van der Waals surface area (Å²) in [6, 6.07) is 15.8. The Morgan fingerprint density at radius 1 is 0.955 bits per heavy atom. The van der Waals surface area contributed by atoms with Crippen molar-refractivity contribution in [1.82, 2.24) is 9.55 Å². The van der Waals surface area contributed by atoms with Crippen LogP contribution in [0.1, 0.15) is 26.3 Å². The van der Waals surface area contributed by atoms with Crippen molar-refractivity contribution in [2.45, 2.75) is 26.2 Å². The average Bonchev–Trinajstić information content (AvgIpc) is 2.50. The molecule has 0 N–H and O–H groups in total. The summed E-state index contributed by atoms with van der Waals surface area (Å²) < 4.78 is 1.66. The molecule has 22 heavy (non-hydrogen) atoms. The monoisotopic (exact) mass is 292 g/mol. The Kier molecular flexibility index (Phi) is 3.36. The number of aryl methyl sites for hydroxylation is 1. The Morgan fingerprint density at radius 3 is 2.23 bits per heavy atom. The van der Waals surface area contributed by atoms with E-state index in [4.69, 9.17) is 0 Å². The first-order chi connectivity index (χ1) is 10.4. The molecule has 112 valence electrons. The number of hydrogen-bond acceptors (Lipinski definition) is 2. The molecule has 0 atom stereocenters. The summed E-state index contributed by atoms with van der Waals surface area (Å²) in [5, 5.41) is 0. The highest BCUT2D eigenvalue weighted by Crippen LogP contribution is 2.25. The molecule has 0 saturated heterocycles. The zero-order valence-corrected chi connectivity index (χ0v) is 13.4. The van der Waals surface area contributed by atoms with Gasteiger partial charge in [0.05, 0.1) is 11.0 Å². The van der Waals surface area contributed by atoms with Crippen LogP contribution in [0.3, 0.4) is 0 Å². The van der Waals surface area contributed by atoms with Gasteiger partial charge in [0.15, 0.2) is 0 Å². The van der Waals surface area contributed by atoms with Gasteiger partial charge in [0.25, 0.3) is 5.56 Å². The van der Waals surface area contributed by atoms with Gasteiger partial charge in [-0.15, -0.1) is 0 Å². The Balaban J connectivity index is 2.18. The van der Waals surface area contributed by atoms with Crippen molar-refractivity contribution in [1.29, 1.82) is 0 Å². The fourth-order valence-electron chi connectivity index (χ4n) is 2.59. The van der Waals surface area contributed by atoms with E-state index in [1.54, 1.807) is 11.6 Å². The molecule has 0 saturated carbocycles. The molecule has 3 heteroatoms. The van der Waals surface area contributed by atoms with Crippen LogP contribution >= 0.6 is 0 Å². The molecule has 0 unspecified atom stereocenters. The summed E-state index contributed by atoms with van der Waals surface area (Å²) in [5.41, 5.74) is 4.32. The first-order valence-electron chi connectivity index (χ1n) is 7.44. The van der Waals surface area contributed by atoms with Crippen molar-refractivity contribution >= 4 is 11.0 Å². The minimum atomic E-state index is -0.0674. The van der Waals surface area contributed by atoms with Crippen molar-refractivity contribution < 1.29 is 0 Å². The lowest BCUT2D eigenvalue weighted by atomic mass is 9.86. The zero-order valence-electron chi connectivity index (χ0n) is 13.4. The minimum absolute atomic E-state index is 0.0674. The van der Waals surface area contributed by atoms with E-state index < -0.39 is 0 Å². The van der Waals surface area contributed by atoms with Gasteiger partial charge >= 0.3 is 0 Å². The highest BCUT2D eigenvalue weighted by atomic mass is 16.1. The molecule has 0 spiro atoms. The lowest BCUT2D eigenvalue weighted by Crippen LogP contribution is -2.20. The molecule has 0 bridgehead atoms. The minimum Gasteiger partial charge on any atom is -0.308 e. The van der Waals surface area contributed by atoms with E-state index in [0.29, 0.717) is 5.69 Å². The number of hydrogen-bond donors (Lipinski definition) is 0. The Hall–Kier alpha value is -2.42. The van der Waals surface area contributed by atoms with Gasteiger partial charge in [0.2, 0.25) is 0 Å². The molecule has 0 radical (unpaired) electrons. The van der Waals surface area contributed by atoms with Crippen LogP contribution in [0.15, 0.2) is 53.3 Å². The SMILES string of the molecule is Cn1c(=O)c(-c2ccc(C(C)(C)C)cc2)nc2ccccc21. The molecule has 0 aliphatic rings. The van der Waals surface area contributed by atoms with E-state index in [-0.39, 0.29) is 11.0 Å². The van der Waals surface area contributed by atoms with Gasteiger partial charge in [-0.3, -0.25) is 4.79 Å². The molecule has 1 heterocycles. The molecule has 0 aliphatic heterocycles. The van der Waals surface area contributed by atoms with Crippen LogP contribution in [0, 0.1) is 0 Å². The van der Waals surface area contributed by atoms with Crippen molar-refractivity contribution in [3.8, 4) is 11.3 Å². The fraction of sp³-hybridized carbons (Fsp3) is 0.263.